The molecule has 0 aromatic heterocycles. The summed E-state index contributed by atoms with van der Waals surface area (Å²) in [5, 5.41) is 22.4. The summed E-state index contributed by atoms with van der Waals surface area (Å²) in [4.78, 5) is 0. The SMILES string of the molecule is Cc1cc(C(C)C)c(O)c(C(C(C)C)C(C)C(O)C(CC(C)C)C(C)C)c1. The lowest BCUT2D eigenvalue weighted by molar-refractivity contribution is 0.0100. The predicted molar refractivity (Wildman–Crippen MR) is 117 cm³/mol. The summed E-state index contributed by atoms with van der Waals surface area (Å²) in [6.45, 7) is 21.8. The zero-order chi connectivity index (χ0) is 21.0. The fourth-order valence-electron chi connectivity index (χ4n) is 4.73. The highest BCUT2D eigenvalue weighted by molar-refractivity contribution is 5.47. The van der Waals surface area contributed by atoms with Crippen molar-refractivity contribution in [3.05, 3.63) is 28.8 Å². The maximum Gasteiger partial charge on any atom is 0.122 e. The molecule has 0 aliphatic rings. The van der Waals surface area contributed by atoms with Gasteiger partial charge >= 0.3 is 0 Å². The van der Waals surface area contributed by atoms with Gasteiger partial charge in [0.15, 0.2) is 0 Å². The van der Waals surface area contributed by atoms with Crippen molar-refractivity contribution in [2.45, 2.75) is 93.6 Å². The molecule has 0 amide bonds. The Kier molecular flexibility index (Phi) is 8.86. The number of hydrogen-bond acceptors (Lipinski definition) is 2. The van der Waals surface area contributed by atoms with Gasteiger partial charge in [-0.25, -0.2) is 0 Å². The Balaban J connectivity index is 3.36. The second-order valence-corrected chi connectivity index (χ2v) is 10.1. The minimum absolute atomic E-state index is 0.0869. The molecule has 0 radical (unpaired) electrons. The Morgan fingerprint density at radius 1 is 0.815 bits per heavy atom. The molecule has 2 heteroatoms. The lowest BCUT2D eigenvalue weighted by atomic mass is 9.70. The molecule has 0 saturated carbocycles. The van der Waals surface area contributed by atoms with Crippen molar-refractivity contribution in [2.75, 3.05) is 0 Å². The van der Waals surface area contributed by atoms with Crippen LogP contribution in [0, 0.1) is 36.5 Å². The topological polar surface area (TPSA) is 40.5 Å². The molecule has 0 heterocycles. The van der Waals surface area contributed by atoms with E-state index in [0.29, 0.717) is 23.5 Å². The minimum atomic E-state index is -0.373. The van der Waals surface area contributed by atoms with Crippen LogP contribution in [0.5, 0.6) is 5.75 Å². The Morgan fingerprint density at radius 3 is 1.74 bits per heavy atom. The van der Waals surface area contributed by atoms with Crippen molar-refractivity contribution in [3.8, 4) is 5.75 Å². The van der Waals surface area contributed by atoms with E-state index in [4.69, 9.17) is 0 Å². The maximum absolute atomic E-state index is 11.3. The molecule has 2 nitrogen and oxygen atoms in total. The van der Waals surface area contributed by atoms with Crippen molar-refractivity contribution in [3.63, 3.8) is 0 Å². The molecule has 27 heavy (non-hydrogen) atoms. The van der Waals surface area contributed by atoms with E-state index in [-0.39, 0.29) is 29.8 Å². The van der Waals surface area contributed by atoms with Crippen LogP contribution in [-0.4, -0.2) is 16.3 Å². The Morgan fingerprint density at radius 2 is 1.33 bits per heavy atom. The molecule has 1 aromatic rings. The van der Waals surface area contributed by atoms with E-state index in [1.807, 2.05) is 0 Å². The first kappa shape index (κ1) is 24.0. The molecule has 0 aliphatic carbocycles. The molecular formula is C25H44O2. The van der Waals surface area contributed by atoms with Crippen LogP contribution in [0.4, 0.5) is 0 Å². The number of benzene rings is 1. The summed E-state index contributed by atoms with van der Waals surface area (Å²) in [5.74, 6) is 2.55. The predicted octanol–water partition coefficient (Wildman–Crippen LogP) is 6.88. The average Bonchev–Trinajstić information content (AvgIpc) is 2.53. The second kappa shape index (κ2) is 9.96. The summed E-state index contributed by atoms with van der Waals surface area (Å²) >= 11 is 0. The van der Waals surface area contributed by atoms with Gasteiger partial charge in [-0.15, -0.1) is 0 Å². The van der Waals surface area contributed by atoms with E-state index in [1.165, 1.54) is 5.56 Å². The quantitative estimate of drug-likeness (QED) is 0.493. The van der Waals surface area contributed by atoms with Gasteiger partial charge in [-0.3, -0.25) is 0 Å². The van der Waals surface area contributed by atoms with Crippen molar-refractivity contribution >= 4 is 0 Å². The van der Waals surface area contributed by atoms with Gasteiger partial charge in [-0.05, 0) is 65.9 Å². The van der Waals surface area contributed by atoms with Crippen LogP contribution in [0.1, 0.15) is 97.3 Å². The number of phenolic OH excluding ortho intramolecular Hbond substituents is 1. The van der Waals surface area contributed by atoms with E-state index < -0.39 is 0 Å². The molecule has 0 spiro atoms. The van der Waals surface area contributed by atoms with Gasteiger partial charge < -0.3 is 10.2 Å². The van der Waals surface area contributed by atoms with Crippen LogP contribution in [0.25, 0.3) is 0 Å². The molecule has 0 fully saturated rings. The third-order valence-corrected chi connectivity index (χ3v) is 6.16. The Hall–Kier alpha value is -1.02. The number of rotatable bonds is 9. The fraction of sp³-hybridized carbons (Fsp3) is 0.760. The highest BCUT2D eigenvalue weighted by Crippen LogP contribution is 2.44. The van der Waals surface area contributed by atoms with Crippen molar-refractivity contribution in [1.29, 1.82) is 0 Å². The van der Waals surface area contributed by atoms with E-state index in [9.17, 15) is 10.2 Å². The van der Waals surface area contributed by atoms with Crippen LogP contribution < -0.4 is 0 Å². The Labute approximate surface area is 168 Å². The normalized spacial score (nSPS) is 17.0. The van der Waals surface area contributed by atoms with Gasteiger partial charge in [-0.2, -0.15) is 0 Å². The van der Waals surface area contributed by atoms with Crippen molar-refractivity contribution in [2.24, 2.45) is 29.6 Å². The fourth-order valence-corrected chi connectivity index (χ4v) is 4.73. The van der Waals surface area contributed by atoms with Gasteiger partial charge in [0.2, 0.25) is 0 Å². The first-order chi connectivity index (χ1) is 12.4. The molecule has 1 rings (SSSR count). The van der Waals surface area contributed by atoms with Crippen LogP contribution in [0.3, 0.4) is 0 Å². The molecule has 156 valence electrons. The lowest BCUT2D eigenvalue weighted by Gasteiger charge is -2.38. The van der Waals surface area contributed by atoms with Gasteiger partial charge in [-0.1, -0.05) is 80.0 Å². The molecule has 4 atom stereocenters. The number of hydrogen-bond donors (Lipinski definition) is 2. The molecule has 1 aromatic carbocycles. The second-order valence-electron chi connectivity index (χ2n) is 10.1. The molecule has 2 N–H and O–H groups in total. The van der Waals surface area contributed by atoms with E-state index in [0.717, 1.165) is 17.5 Å². The first-order valence-electron chi connectivity index (χ1n) is 10.9. The average molecular weight is 377 g/mol. The summed E-state index contributed by atoms with van der Waals surface area (Å²) in [5.41, 5.74) is 3.20. The van der Waals surface area contributed by atoms with Gasteiger partial charge in [0.1, 0.15) is 5.75 Å². The van der Waals surface area contributed by atoms with E-state index in [2.05, 4.69) is 81.4 Å². The molecule has 0 saturated heterocycles. The molecule has 0 aliphatic heterocycles. The largest absolute Gasteiger partial charge is 0.507 e. The van der Waals surface area contributed by atoms with Crippen LogP contribution in [-0.2, 0) is 0 Å². The first-order valence-corrected chi connectivity index (χ1v) is 10.9. The van der Waals surface area contributed by atoms with Crippen LogP contribution in [0.15, 0.2) is 12.1 Å². The third kappa shape index (κ3) is 5.98. The van der Waals surface area contributed by atoms with E-state index in [1.54, 1.807) is 0 Å². The standard InChI is InChI=1S/C25H44O2/c1-14(2)11-20(15(3)4)24(26)19(10)23(17(7)8)22-13-18(9)12-21(16(5)6)25(22)27/h12-17,19-20,23-24,26-27H,11H2,1-10H3. The third-order valence-electron chi connectivity index (χ3n) is 6.16. The number of aryl methyl sites for hydroxylation is 1. The van der Waals surface area contributed by atoms with Gasteiger partial charge in [0, 0.05) is 0 Å². The number of aliphatic hydroxyl groups excluding tert-OH is 1. The van der Waals surface area contributed by atoms with Crippen LogP contribution in [0.2, 0.25) is 0 Å². The summed E-state index contributed by atoms with van der Waals surface area (Å²) in [6, 6.07) is 4.22. The maximum atomic E-state index is 11.3. The number of aliphatic hydroxyl groups is 1. The monoisotopic (exact) mass is 376 g/mol. The van der Waals surface area contributed by atoms with Gasteiger partial charge in [0.05, 0.1) is 6.10 Å². The summed E-state index contributed by atoms with van der Waals surface area (Å²) in [6.07, 6.45) is 0.660. The molecular weight excluding hydrogens is 332 g/mol. The minimum Gasteiger partial charge on any atom is -0.507 e. The lowest BCUT2D eigenvalue weighted by Crippen LogP contribution is -2.36. The highest BCUT2D eigenvalue weighted by Gasteiger charge is 2.36. The van der Waals surface area contributed by atoms with E-state index >= 15 is 0 Å². The molecule has 0 bridgehead atoms. The summed E-state index contributed by atoms with van der Waals surface area (Å²) in [7, 11) is 0. The summed E-state index contributed by atoms with van der Waals surface area (Å²) < 4.78 is 0. The molecule has 4 unspecified atom stereocenters. The highest BCUT2D eigenvalue weighted by atomic mass is 16.3. The zero-order valence-electron chi connectivity index (χ0n) is 19.4. The number of aromatic hydroxyl groups is 1. The van der Waals surface area contributed by atoms with Gasteiger partial charge in [0.25, 0.3) is 0 Å². The van der Waals surface area contributed by atoms with Crippen molar-refractivity contribution in [1.82, 2.24) is 0 Å². The smallest absolute Gasteiger partial charge is 0.122 e. The number of phenols is 1. The van der Waals surface area contributed by atoms with Crippen molar-refractivity contribution < 1.29 is 10.2 Å². The Bertz CT molecular complexity index is 586. The zero-order valence-corrected chi connectivity index (χ0v) is 19.4. The van der Waals surface area contributed by atoms with Crippen LogP contribution >= 0.6 is 0 Å².